The minimum absolute atomic E-state index is 0.0481. The molecule has 0 unspecified atom stereocenters. The highest BCUT2D eigenvalue weighted by Gasteiger charge is 2.27. The molecule has 0 saturated heterocycles. The molecule has 0 aliphatic rings. The summed E-state index contributed by atoms with van der Waals surface area (Å²) < 4.78 is 11.1. The molecule has 1 heterocycles. The second-order valence-electron chi connectivity index (χ2n) is 5.73. The summed E-state index contributed by atoms with van der Waals surface area (Å²) in [4.78, 5) is 14.2. The Morgan fingerprint density at radius 3 is 2.77 bits per heavy atom. The molecule has 26 heavy (non-hydrogen) atoms. The van der Waals surface area contributed by atoms with Gasteiger partial charge in [0.05, 0.1) is 13.0 Å². The lowest BCUT2D eigenvalue weighted by molar-refractivity contribution is -0.481. The number of hydrogen-bond donors (Lipinski definition) is 1. The number of rotatable bonds is 7. The number of nitro groups is 1. The number of H-pyrrole nitrogens is 1. The van der Waals surface area contributed by atoms with Gasteiger partial charge >= 0.3 is 0 Å². The second-order valence-corrected chi connectivity index (χ2v) is 5.73. The number of hydrogen-bond acceptors (Lipinski definition) is 4. The first-order valence-electron chi connectivity index (χ1n) is 8.06. The van der Waals surface area contributed by atoms with E-state index in [2.05, 4.69) is 10.9 Å². The van der Waals surface area contributed by atoms with E-state index in [4.69, 9.17) is 15.9 Å². The van der Waals surface area contributed by atoms with E-state index in [1.807, 2.05) is 36.5 Å². The van der Waals surface area contributed by atoms with E-state index in [1.54, 1.807) is 12.1 Å². The molecule has 0 aliphatic carbocycles. The lowest BCUT2D eigenvalue weighted by atomic mass is 9.90. The lowest BCUT2D eigenvalue weighted by Crippen LogP contribution is -2.15. The molecular formula is C20H18N2O4. The number of fused-ring (bicyclic) bond motifs is 1. The van der Waals surface area contributed by atoms with Crippen molar-refractivity contribution in [2.75, 3.05) is 20.3 Å². The summed E-state index contributed by atoms with van der Waals surface area (Å²) in [5.41, 5.74) is 2.42. The molecule has 0 bridgehead atoms. The van der Waals surface area contributed by atoms with Gasteiger partial charge in [0.2, 0.25) is 6.54 Å². The van der Waals surface area contributed by atoms with Crippen LogP contribution < -0.4 is 9.47 Å². The molecule has 0 saturated carbocycles. The topological polar surface area (TPSA) is 77.4 Å². The summed E-state index contributed by atoms with van der Waals surface area (Å²) in [5.74, 6) is 2.84. The fraction of sp³-hybridized carbons (Fsp3) is 0.200. The third-order valence-corrected chi connectivity index (χ3v) is 4.23. The van der Waals surface area contributed by atoms with Crippen molar-refractivity contribution in [3.63, 3.8) is 0 Å². The lowest BCUT2D eigenvalue weighted by Gasteiger charge is -2.19. The van der Waals surface area contributed by atoms with Crippen LogP contribution in [0.1, 0.15) is 17.0 Å². The number of methoxy groups -OCH3 is 1. The van der Waals surface area contributed by atoms with Crippen molar-refractivity contribution in [2.45, 2.75) is 5.92 Å². The Balaban J connectivity index is 2.18. The van der Waals surface area contributed by atoms with Crippen molar-refractivity contribution in [3.05, 3.63) is 69.9 Å². The van der Waals surface area contributed by atoms with E-state index in [1.165, 1.54) is 7.11 Å². The average Bonchev–Trinajstić information content (AvgIpc) is 3.08. The first-order chi connectivity index (χ1) is 12.7. The van der Waals surface area contributed by atoms with Gasteiger partial charge in [0, 0.05) is 27.6 Å². The van der Waals surface area contributed by atoms with Crippen LogP contribution in [0.25, 0.3) is 10.9 Å². The average molecular weight is 350 g/mol. The van der Waals surface area contributed by atoms with Gasteiger partial charge in [0.15, 0.2) is 11.5 Å². The third kappa shape index (κ3) is 3.33. The fourth-order valence-electron chi connectivity index (χ4n) is 3.13. The van der Waals surface area contributed by atoms with Crippen LogP contribution in [0.5, 0.6) is 11.5 Å². The molecule has 2 aromatic carbocycles. The zero-order chi connectivity index (χ0) is 18.5. The predicted octanol–water partition coefficient (Wildman–Crippen LogP) is 3.60. The summed E-state index contributed by atoms with van der Waals surface area (Å²) in [6, 6.07) is 13.0. The van der Waals surface area contributed by atoms with Gasteiger partial charge in [0.1, 0.15) is 6.61 Å². The van der Waals surface area contributed by atoms with Gasteiger partial charge in [-0.05, 0) is 17.7 Å². The maximum Gasteiger partial charge on any atom is 0.214 e. The molecule has 1 atom stereocenters. The molecule has 3 aromatic rings. The van der Waals surface area contributed by atoms with Crippen LogP contribution in [-0.2, 0) is 0 Å². The Morgan fingerprint density at radius 1 is 1.23 bits per heavy atom. The fourth-order valence-corrected chi connectivity index (χ4v) is 3.13. The maximum atomic E-state index is 11.4. The minimum Gasteiger partial charge on any atom is -0.493 e. The standard InChI is InChI=1S/C20H18N2O4/c1-3-11-26-20-15(8-6-10-19(20)25-2)17(13-22(23)24)16-12-21-18-9-5-4-7-14(16)18/h1,4-10,12,17,21H,11,13H2,2H3/t17-/m1/s1. The largest absolute Gasteiger partial charge is 0.493 e. The summed E-state index contributed by atoms with van der Waals surface area (Å²) in [6.45, 7) is -0.228. The highest BCUT2D eigenvalue weighted by atomic mass is 16.6. The van der Waals surface area contributed by atoms with Gasteiger partial charge in [-0.25, -0.2) is 0 Å². The highest BCUT2D eigenvalue weighted by molar-refractivity contribution is 5.84. The van der Waals surface area contributed by atoms with E-state index in [0.29, 0.717) is 17.1 Å². The molecule has 6 nitrogen and oxygen atoms in total. The van der Waals surface area contributed by atoms with E-state index in [-0.39, 0.29) is 18.1 Å². The first-order valence-corrected chi connectivity index (χ1v) is 8.06. The molecule has 1 N–H and O–H groups in total. The van der Waals surface area contributed by atoms with Crippen molar-refractivity contribution in [3.8, 4) is 23.8 Å². The molecule has 0 spiro atoms. The van der Waals surface area contributed by atoms with Crippen LogP contribution in [0.4, 0.5) is 0 Å². The smallest absolute Gasteiger partial charge is 0.214 e. The molecule has 1 aromatic heterocycles. The van der Waals surface area contributed by atoms with Crippen molar-refractivity contribution in [1.82, 2.24) is 4.98 Å². The number of ether oxygens (including phenoxy) is 2. The number of aromatic amines is 1. The Morgan fingerprint density at radius 2 is 2.04 bits per heavy atom. The minimum atomic E-state index is -0.510. The van der Waals surface area contributed by atoms with Gasteiger partial charge < -0.3 is 14.5 Å². The van der Waals surface area contributed by atoms with Gasteiger partial charge in [-0.2, -0.15) is 0 Å². The van der Waals surface area contributed by atoms with Gasteiger partial charge in [-0.3, -0.25) is 10.1 Å². The second kappa shape index (κ2) is 7.62. The maximum absolute atomic E-state index is 11.4. The molecule has 0 fully saturated rings. The Hall–Kier alpha value is -3.46. The van der Waals surface area contributed by atoms with E-state index in [9.17, 15) is 10.1 Å². The molecule has 6 heteroatoms. The Kier molecular flexibility index (Phi) is 5.09. The molecule has 0 amide bonds. The number of nitrogens with zero attached hydrogens (tertiary/aromatic N) is 1. The Bertz CT molecular complexity index is 971. The first kappa shape index (κ1) is 17.4. The molecule has 132 valence electrons. The van der Waals surface area contributed by atoms with Crippen molar-refractivity contribution in [2.24, 2.45) is 0 Å². The van der Waals surface area contributed by atoms with Crippen LogP contribution >= 0.6 is 0 Å². The summed E-state index contributed by atoms with van der Waals surface area (Å²) >= 11 is 0. The van der Waals surface area contributed by atoms with Crippen molar-refractivity contribution < 1.29 is 14.4 Å². The van der Waals surface area contributed by atoms with Gasteiger partial charge in [-0.1, -0.05) is 36.3 Å². The van der Waals surface area contributed by atoms with Crippen LogP contribution in [-0.4, -0.2) is 30.2 Å². The molecule has 0 radical (unpaired) electrons. The SMILES string of the molecule is C#CCOc1c(OC)cccc1[C@@H](C[N+](=O)[O-])c1c[nH]c2ccccc12. The van der Waals surface area contributed by atoms with Gasteiger partial charge in [0.25, 0.3) is 0 Å². The molecule has 0 aliphatic heterocycles. The zero-order valence-corrected chi connectivity index (χ0v) is 14.3. The summed E-state index contributed by atoms with van der Waals surface area (Å²) in [6.07, 6.45) is 7.12. The van der Waals surface area contributed by atoms with E-state index >= 15 is 0 Å². The molecule has 3 rings (SSSR count). The number of benzene rings is 2. The van der Waals surface area contributed by atoms with Crippen molar-refractivity contribution in [1.29, 1.82) is 0 Å². The normalized spacial score (nSPS) is 11.7. The van der Waals surface area contributed by atoms with Crippen LogP contribution in [0.15, 0.2) is 48.7 Å². The van der Waals surface area contributed by atoms with Gasteiger partial charge in [-0.15, -0.1) is 6.42 Å². The van der Waals surface area contributed by atoms with Crippen LogP contribution in [0.3, 0.4) is 0 Å². The summed E-state index contributed by atoms with van der Waals surface area (Å²) in [5, 5.41) is 12.3. The number of aromatic nitrogens is 1. The van der Waals surface area contributed by atoms with E-state index in [0.717, 1.165) is 16.5 Å². The third-order valence-electron chi connectivity index (χ3n) is 4.23. The highest BCUT2D eigenvalue weighted by Crippen LogP contribution is 2.40. The summed E-state index contributed by atoms with van der Waals surface area (Å²) in [7, 11) is 1.52. The molecular weight excluding hydrogens is 332 g/mol. The zero-order valence-electron chi connectivity index (χ0n) is 14.3. The number of para-hydroxylation sites is 2. The number of nitrogens with one attached hydrogen (secondary N) is 1. The van der Waals surface area contributed by atoms with Crippen molar-refractivity contribution >= 4 is 10.9 Å². The number of terminal acetylenes is 1. The monoisotopic (exact) mass is 350 g/mol. The van der Waals surface area contributed by atoms with E-state index < -0.39 is 5.92 Å². The Labute approximate surface area is 150 Å². The van der Waals surface area contributed by atoms with Crippen LogP contribution in [0.2, 0.25) is 0 Å². The predicted molar refractivity (Wildman–Crippen MR) is 99.3 cm³/mol. The van der Waals surface area contributed by atoms with Crippen LogP contribution in [0, 0.1) is 22.5 Å². The quantitative estimate of drug-likeness (QED) is 0.401.